The Morgan fingerprint density at radius 3 is 2.52 bits per heavy atom. The molecule has 0 fully saturated rings. The summed E-state index contributed by atoms with van der Waals surface area (Å²) in [6.07, 6.45) is 1.60. The third-order valence-corrected chi connectivity index (χ3v) is 6.15. The van der Waals surface area contributed by atoms with E-state index in [1.165, 1.54) is 11.3 Å². The van der Waals surface area contributed by atoms with Gasteiger partial charge in [0, 0.05) is 5.38 Å². The van der Waals surface area contributed by atoms with Gasteiger partial charge in [-0.3, -0.25) is 14.1 Å². The molecule has 31 heavy (non-hydrogen) atoms. The number of aromatic nitrogens is 1. The highest BCUT2D eigenvalue weighted by atomic mass is 32.2. The molecule has 1 atom stereocenters. The van der Waals surface area contributed by atoms with Crippen molar-refractivity contribution < 1.29 is 17.8 Å². The van der Waals surface area contributed by atoms with Gasteiger partial charge in [0.15, 0.2) is 0 Å². The Kier molecular flexibility index (Phi) is 7.42. The van der Waals surface area contributed by atoms with Gasteiger partial charge in [-0.25, -0.2) is 4.98 Å². The molecule has 0 saturated carbocycles. The maximum Gasteiger partial charge on any atom is 0.357 e. The van der Waals surface area contributed by atoms with Crippen LogP contribution in [0.3, 0.4) is 0 Å². The third-order valence-electron chi connectivity index (χ3n) is 4.65. The highest BCUT2D eigenvalue weighted by molar-refractivity contribution is 7.87. The average molecular weight is 460 g/mol. The van der Waals surface area contributed by atoms with Crippen LogP contribution in [-0.4, -0.2) is 23.9 Å². The molecule has 0 spiro atoms. The zero-order valence-electron chi connectivity index (χ0n) is 17.3. The molecule has 0 aliphatic carbocycles. The highest BCUT2D eigenvalue weighted by Gasteiger charge is 2.19. The molecule has 3 rings (SSSR count). The normalized spacial score (nSPS) is 12.4. The van der Waals surface area contributed by atoms with Gasteiger partial charge >= 0.3 is 10.3 Å². The molecule has 0 radical (unpaired) electrons. The van der Waals surface area contributed by atoms with Crippen LogP contribution < -0.4 is 10.0 Å². The molecule has 3 aromatic rings. The van der Waals surface area contributed by atoms with Gasteiger partial charge in [-0.05, 0) is 43.0 Å². The van der Waals surface area contributed by atoms with Crippen molar-refractivity contribution in [3.8, 4) is 0 Å². The minimum absolute atomic E-state index is 0.0893. The summed E-state index contributed by atoms with van der Waals surface area (Å²) in [5.41, 5.74) is 4.19. The summed E-state index contributed by atoms with van der Waals surface area (Å²) in [5.74, 6) is -0.0893. The second-order valence-electron chi connectivity index (χ2n) is 7.29. The Morgan fingerprint density at radius 2 is 1.90 bits per heavy atom. The van der Waals surface area contributed by atoms with Crippen molar-refractivity contribution in [2.24, 2.45) is 0 Å². The van der Waals surface area contributed by atoms with E-state index in [4.69, 9.17) is 4.55 Å². The van der Waals surface area contributed by atoms with E-state index in [0.717, 1.165) is 33.8 Å². The predicted molar refractivity (Wildman–Crippen MR) is 123 cm³/mol. The molecule has 7 nitrogen and oxygen atoms in total. The van der Waals surface area contributed by atoms with Gasteiger partial charge in [-0.2, -0.15) is 8.42 Å². The molecule has 3 N–H and O–H groups in total. The number of nitrogens with one attached hydrogen (secondary N) is 2. The van der Waals surface area contributed by atoms with Crippen LogP contribution in [0.25, 0.3) is 0 Å². The van der Waals surface area contributed by atoms with Crippen molar-refractivity contribution in [2.75, 3.05) is 4.72 Å². The summed E-state index contributed by atoms with van der Waals surface area (Å²) >= 11 is 1.51. The summed E-state index contributed by atoms with van der Waals surface area (Å²) < 4.78 is 32.8. The van der Waals surface area contributed by atoms with E-state index in [2.05, 4.69) is 10.3 Å². The lowest BCUT2D eigenvalue weighted by Gasteiger charge is -2.17. The minimum atomic E-state index is -4.32. The molecular weight excluding hydrogens is 434 g/mol. The Hall–Kier alpha value is -2.75. The van der Waals surface area contributed by atoms with E-state index in [1.807, 2.05) is 48.2 Å². The van der Waals surface area contributed by atoms with Crippen LogP contribution in [-0.2, 0) is 34.4 Å². The topological polar surface area (TPSA) is 108 Å². The van der Waals surface area contributed by atoms with Gasteiger partial charge in [-0.1, -0.05) is 48.9 Å². The number of carbonyl (C=O) groups excluding carboxylic acids is 1. The van der Waals surface area contributed by atoms with E-state index in [-0.39, 0.29) is 24.1 Å². The smallest absolute Gasteiger partial charge is 0.346 e. The van der Waals surface area contributed by atoms with Gasteiger partial charge in [0.25, 0.3) is 0 Å². The van der Waals surface area contributed by atoms with Crippen molar-refractivity contribution >= 4 is 33.2 Å². The molecular formula is C22H25N3O4S2. The average Bonchev–Trinajstić information content (AvgIpc) is 3.17. The van der Waals surface area contributed by atoms with Gasteiger partial charge in [0.1, 0.15) is 5.01 Å². The minimum Gasteiger partial charge on any atom is -0.346 e. The lowest BCUT2D eigenvalue weighted by molar-refractivity contribution is -0.121. The van der Waals surface area contributed by atoms with Crippen molar-refractivity contribution in [3.63, 3.8) is 0 Å². The Labute approximate surface area is 186 Å². The van der Waals surface area contributed by atoms with Gasteiger partial charge in [0.2, 0.25) is 5.91 Å². The molecule has 0 aliphatic rings. The maximum absolute atomic E-state index is 12.7. The molecule has 2 aromatic carbocycles. The number of thiazole rings is 1. The van der Waals surface area contributed by atoms with Crippen LogP contribution in [0.1, 0.15) is 40.4 Å². The second kappa shape index (κ2) is 10.0. The number of hydrogen-bond donors (Lipinski definition) is 3. The molecule has 1 amide bonds. The van der Waals surface area contributed by atoms with E-state index in [9.17, 15) is 13.2 Å². The molecule has 1 aromatic heterocycles. The molecule has 9 heteroatoms. The molecule has 0 bridgehead atoms. The van der Waals surface area contributed by atoms with Crippen molar-refractivity contribution in [1.82, 2.24) is 10.3 Å². The number of aryl methyl sites for hydroxylation is 2. The number of hydrogen-bond acceptors (Lipinski definition) is 5. The Morgan fingerprint density at radius 1 is 1.16 bits per heavy atom. The zero-order valence-corrected chi connectivity index (χ0v) is 19.0. The SMILES string of the molecule is CCc1csc([C@H](Cc2ccc(NS(=O)(=O)O)cc2)NC(=O)Cc2cccc(C)c2)n1. The predicted octanol–water partition coefficient (Wildman–Crippen LogP) is 3.87. The lowest BCUT2D eigenvalue weighted by Crippen LogP contribution is -2.31. The van der Waals surface area contributed by atoms with Crippen LogP contribution in [0.2, 0.25) is 0 Å². The van der Waals surface area contributed by atoms with E-state index >= 15 is 0 Å². The van der Waals surface area contributed by atoms with Gasteiger partial charge in [0.05, 0.1) is 23.8 Å². The first-order valence-electron chi connectivity index (χ1n) is 9.85. The fraction of sp³-hybridized carbons (Fsp3) is 0.273. The molecule has 0 aliphatic heterocycles. The molecule has 0 unspecified atom stereocenters. The summed E-state index contributed by atoms with van der Waals surface area (Å²) in [6.45, 7) is 4.03. The Bertz CT molecular complexity index is 1140. The van der Waals surface area contributed by atoms with Crippen LogP contribution in [0.5, 0.6) is 0 Å². The number of benzene rings is 2. The monoisotopic (exact) mass is 459 g/mol. The fourth-order valence-corrected chi connectivity index (χ4v) is 4.58. The largest absolute Gasteiger partial charge is 0.357 e. The Balaban J connectivity index is 1.75. The lowest BCUT2D eigenvalue weighted by atomic mass is 10.0. The van der Waals surface area contributed by atoms with Crippen LogP contribution in [0, 0.1) is 6.92 Å². The highest BCUT2D eigenvalue weighted by Crippen LogP contribution is 2.24. The molecule has 1 heterocycles. The summed E-state index contributed by atoms with van der Waals surface area (Å²) in [5, 5.41) is 5.92. The van der Waals surface area contributed by atoms with Crippen LogP contribution >= 0.6 is 11.3 Å². The molecule has 164 valence electrons. The number of amides is 1. The van der Waals surface area contributed by atoms with Crippen LogP contribution in [0.15, 0.2) is 53.9 Å². The first kappa shape index (κ1) is 22.9. The molecule has 0 saturated heterocycles. The van der Waals surface area contributed by atoms with Crippen molar-refractivity contribution in [3.05, 3.63) is 81.3 Å². The van der Waals surface area contributed by atoms with Gasteiger partial charge in [-0.15, -0.1) is 11.3 Å². The fourth-order valence-electron chi connectivity index (χ4n) is 3.19. The van der Waals surface area contributed by atoms with Crippen LogP contribution in [0.4, 0.5) is 5.69 Å². The van der Waals surface area contributed by atoms with Crippen molar-refractivity contribution in [1.29, 1.82) is 0 Å². The summed E-state index contributed by atoms with van der Waals surface area (Å²) in [7, 11) is -4.32. The first-order chi connectivity index (χ1) is 14.7. The summed E-state index contributed by atoms with van der Waals surface area (Å²) in [6, 6.07) is 14.2. The summed E-state index contributed by atoms with van der Waals surface area (Å²) in [4.78, 5) is 17.4. The standard InChI is InChI=1S/C22H25N3O4S2/c1-3-18-14-30-22(23-18)20(24-21(26)13-17-6-4-5-15(2)11-17)12-16-7-9-19(10-8-16)25-31(27,28)29/h4-11,14,20,25H,3,12-13H2,1-2H3,(H,24,26)(H,27,28,29)/t20-/m0/s1. The zero-order chi connectivity index (χ0) is 22.4. The third kappa shape index (κ3) is 7.16. The van der Waals surface area contributed by atoms with E-state index in [0.29, 0.717) is 6.42 Å². The van der Waals surface area contributed by atoms with Gasteiger partial charge < -0.3 is 5.32 Å². The quantitative estimate of drug-likeness (QED) is 0.421. The number of carbonyl (C=O) groups is 1. The van der Waals surface area contributed by atoms with E-state index < -0.39 is 10.3 Å². The van der Waals surface area contributed by atoms with E-state index in [1.54, 1.807) is 24.3 Å². The van der Waals surface area contributed by atoms with Crippen molar-refractivity contribution in [2.45, 2.75) is 39.2 Å². The second-order valence-corrected chi connectivity index (χ2v) is 9.34. The number of nitrogens with zero attached hydrogens (tertiary/aromatic N) is 1. The first-order valence-corrected chi connectivity index (χ1v) is 12.2. The maximum atomic E-state index is 12.7. The number of rotatable bonds is 9. The number of anilines is 1.